The van der Waals surface area contributed by atoms with Gasteiger partial charge in [-0.25, -0.2) is 0 Å². The first-order chi connectivity index (χ1) is 11.5. The molecule has 2 rings (SSSR count). The molecule has 0 saturated carbocycles. The quantitative estimate of drug-likeness (QED) is 0.782. The Balaban J connectivity index is 1.81. The Morgan fingerprint density at radius 1 is 1.08 bits per heavy atom. The number of hydrogen-bond acceptors (Lipinski definition) is 3. The molecule has 0 bridgehead atoms. The zero-order valence-electron chi connectivity index (χ0n) is 13.9. The van der Waals surface area contributed by atoms with E-state index < -0.39 is 0 Å². The van der Waals surface area contributed by atoms with Gasteiger partial charge in [-0.1, -0.05) is 36.5 Å². The lowest BCUT2D eigenvalue weighted by atomic mass is 10.2. The van der Waals surface area contributed by atoms with Crippen LogP contribution in [0.1, 0.15) is 30.1 Å². The zero-order chi connectivity index (χ0) is 17.5. The van der Waals surface area contributed by atoms with E-state index in [0.717, 1.165) is 19.4 Å². The lowest BCUT2D eigenvalue weighted by molar-refractivity contribution is -0.122. The number of nitrogens with one attached hydrogen (secondary N) is 1. The zero-order valence-corrected chi connectivity index (χ0v) is 15.4. The largest absolute Gasteiger partial charge is 0.355 e. The van der Waals surface area contributed by atoms with Crippen molar-refractivity contribution in [1.82, 2.24) is 15.1 Å². The summed E-state index contributed by atoms with van der Waals surface area (Å²) in [5.41, 5.74) is 0.498. The summed E-state index contributed by atoms with van der Waals surface area (Å²) >= 11 is 11.9. The van der Waals surface area contributed by atoms with E-state index in [9.17, 15) is 9.59 Å². The summed E-state index contributed by atoms with van der Waals surface area (Å²) in [4.78, 5) is 28.2. The molecule has 1 fully saturated rings. The Bertz CT molecular complexity index is 567. The number of nitrogens with zero attached hydrogens (tertiary/aromatic N) is 2. The van der Waals surface area contributed by atoms with Gasteiger partial charge in [0.1, 0.15) is 0 Å². The van der Waals surface area contributed by atoms with Gasteiger partial charge in [-0.05, 0) is 24.6 Å². The van der Waals surface area contributed by atoms with Gasteiger partial charge in [-0.2, -0.15) is 0 Å². The Hall–Kier alpha value is -1.30. The third-order valence-corrected chi connectivity index (χ3v) is 4.43. The molecule has 0 aromatic heterocycles. The topological polar surface area (TPSA) is 52.7 Å². The van der Waals surface area contributed by atoms with E-state index in [4.69, 9.17) is 23.2 Å². The molecule has 1 N–H and O–H groups in total. The van der Waals surface area contributed by atoms with Gasteiger partial charge in [0.15, 0.2) is 0 Å². The average Bonchev–Trinajstić information content (AvgIpc) is 2.54. The highest BCUT2D eigenvalue weighted by molar-refractivity contribution is 6.35. The third-order valence-electron chi connectivity index (χ3n) is 3.99. The smallest absolute Gasteiger partial charge is 0.254 e. The summed E-state index contributed by atoms with van der Waals surface area (Å²) in [6, 6.07) is 4.86. The fraction of sp³-hybridized carbons (Fsp3) is 0.529. The summed E-state index contributed by atoms with van der Waals surface area (Å²) in [6.07, 6.45) is 2.06. The van der Waals surface area contributed by atoms with Crippen LogP contribution in [0.25, 0.3) is 0 Å². The molecule has 0 spiro atoms. The molecular formula is C17H23Cl2N3O2. The molecule has 5 nitrogen and oxygen atoms in total. The van der Waals surface area contributed by atoms with Gasteiger partial charge in [0.25, 0.3) is 5.91 Å². The van der Waals surface area contributed by atoms with Gasteiger partial charge in [0.05, 0.1) is 6.54 Å². The molecule has 7 heteroatoms. The van der Waals surface area contributed by atoms with Crippen molar-refractivity contribution in [2.75, 3.05) is 39.3 Å². The van der Waals surface area contributed by atoms with Crippen LogP contribution in [-0.2, 0) is 4.79 Å². The number of unbranched alkanes of at least 4 members (excludes halogenated alkanes) is 1. The molecule has 0 atom stereocenters. The molecule has 132 valence electrons. The van der Waals surface area contributed by atoms with Crippen molar-refractivity contribution >= 4 is 35.0 Å². The Labute approximate surface area is 152 Å². The minimum atomic E-state index is -0.0774. The first kappa shape index (κ1) is 19.0. The third kappa shape index (κ3) is 5.65. The van der Waals surface area contributed by atoms with Gasteiger partial charge < -0.3 is 10.2 Å². The minimum Gasteiger partial charge on any atom is -0.355 e. The fourth-order valence-electron chi connectivity index (χ4n) is 2.63. The molecule has 1 aliphatic heterocycles. The molecule has 2 amide bonds. The number of carbonyl (C=O) groups is 2. The van der Waals surface area contributed by atoms with E-state index in [1.54, 1.807) is 23.1 Å². The number of carbonyl (C=O) groups excluding carboxylic acids is 2. The summed E-state index contributed by atoms with van der Waals surface area (Å²) in [5, 5.41) is 3.82. The first-order valence-electron chi connectivity index (χ1n) is 8.24. The molecule has 1 saturated heterocycles. The second-order valence-electron chi connectivity index (χ2n) is 5.93. The highest BCUT2D eigenvalue weighted by Gasteiger charge is 2.23. The van der Waals surface area contributed by atoms with Gasteiger partial charge in [0, 0.05) is 48.3 Å². The van der Waals surface area contributed by atoms with Crippen LogP contribution in [0.3, 0.4) is 0 Å². The van der Waals surface area contributed by atoms with Crippen LogP contribution in [0.4, 0.5) is 0 Å². The maximum atomic E-state index is 12.5. The van der Waals surface area contributed by atoms with Crippen LogP contribution in [0.2, 0.25) is 10.0 Å². The highest BCUT2D eigenvalue weighted by atomic mass is 35.5. The van der Waals surface area contributed by atoms with Crippen molar-refractivity contribution in [3.05, 3.63) is 33.8 Å². The number of benzene rings is 1. The SMILES string of the molecule is CCCCNC(=O)CN1CCN(C(=O)c2cc(Cl)cc(Cl)c2)CC1. The van der Waals surface area contributed by atoms with Crippen LogP contribution >= 0.6 is 23.2 Å². The predicted molar refractivity (Wildman–Crippen MR) is 96.7 cm³/mol. The number of halogens is 2. The predicted octanol–water partition coefficient (Wildman–Crippen LogP) is 2.67. The maximum Gasteiger partial charge on any atom is 0.254 e. The lowest BCUT2D eigenvalue weighted by Gasteiger charge is -2.34. The van der Waals surface area contributed by atoms with Crippen molar-refractivity contribution in [2.45, 2.75) is 19.8 Å². The molecule has 1 aromatic carbocycles. The van der Waals surface area contributed by atoms with E-state index in [1.807, 2.05) is 0 Å². The van der Waals surface area contributed by atoms with Gasteiger partial charge >= 0.3 is 0 Å². The monoisotopic (exact) mass is 371 g/mol. The molecule has 1 aliphatic rings. The second kappa shape index (κ2) is 9.25. The fourth-order valence-corrected chi connectivity index (χ4v) is 3.16. The van der Waals surface area contributed by atoms with Crippen LogP contribution in [0.15, 0.2) is 18.2 Å². The number of amides is 2. The van der Waals surface area contributed by atoms with Crippen LogP contribution in [0, 0.1) is 0 Å². The molecule has 1 heterocycles. The molecule has 1 aromatic rings. The van der Waals surface area contributed by atoms with E-state index in [0.29, 0.717) is 48.3 Å². The van der Waals surface area contributed by atoms with E-state index in [2.05, 4.69) is 17.1 Å². The summed E-state index contributed by atoms with van der Waals surface area (Å²) in [5.74, 6) is -0.0312. The summed E-state index contributed by atoms with van der Waals surface area (Å²) < 4.78 is 0. The summed E-state index contributed by atoms with van der Waals surface area (Å²) in [7, 11) is 0. The van der Waals surface area contributed by atoms with Crippen molar-refractivity contribution in [3.63, 3.8) is 0 Å². The molecule has 0 radical (unpaired) electrons. The van der Waals surface area contributed by atoms with Crippen molar-refractivity contribution in [1.29, 1.82) is 0 Å². The molecule has 24 heavy (non-hydrogen) atoms. The van der Waals surface area contributed by atoms with E-state index in [1.165, 1.54) is 0 Å². The Morgan fingerprint density at radius 2 is 1.71 bits per heavy atom. The number of piperazine rings is 1. The van der Waals surface area contributed by atoms with Crippen molar-refractivity contribution in [3.8, 4) is 0 Å². The maximum absolute atomic E-state index is 12.5. The normalized spacial score (nSPS) is 15.4. The van der Waals surface area contributed by atoms with Crippen molar-refractivity contribution in [2.24, 2.45) is 0 Å². The van der Waals surface area contributed by atoms with E-state index in [-0.39, 0.29) is 11.8 Å². The lowest BCUT2D eigenvalue weighted by Crippen LogP contribution is -2.51. The van der Waals surface area contributed by atoms with Crippen LogP contribution in [0.5, 0.6) is 0 Å². The molecule has 0 unspecified atom stereocenters. The highest BCUT2D eigenvalue weighted by Crippen LogP contribution is 2.20. The average molecular weight is 372 g/mol. The summed E-state index contributed by atoms with van der Waals surface area (Å²) in [6.45, 7) is 5.74. The minimum absolute atomic E-state index is 0.0462. The van der Waals surface area contributed by atoms with E-state index >= 15 is 0 Å². The van der Waals surface area contributed by atoms with Gasteiger partial charge in [0.2, 0.25) is 5.91 Å². The second-order valence-corrected chi connectivity index (χ2v) is 6.80. The van der Waals surface area contributed by atoms with Crippen LogP contribution < -0.4 is 5.32 Å². The molecule has 0 aliphatic carbocycles. The van der Waals surface area contributed by atoms with Crippen LogP contribution in [-0.4, -0.2) is 60.9 Å². The Kier molecular flexibility index (Phi) is 7.34. The van der Waals surface area contributed by atoms with Gasteiger partial charge in [-0.15, -0.1) is 0 Å². The number of rotatable bonds is 6. The van der Waals surface area contributed by atoms with Gasteiger partial charge in [-0.3, -0.25) is 14.5 Å². The standard InChI is InChI=1S/C17H23Cl2N3O2/c1-2-3-4-20-16(23)12-21-5-7-22(8-6-21)17(24)13-9-14(18)11-15(19)10-13/h9-11H,2-8,12H2,1H3,(H,20,23). The van der Waals surface area contributed by atoms with Crippen molar-refractivity contribution < 1.29 is 9.59 Å². The number of hydrogen-bond donors (Lipinski definition) is 1. The first-order valence-corrected chi connectivity index (χ1v) is 8.99. The Morgan fingerprint density at radius 3 is 2.29 bits per heavy atom. The molecular weight excluding hydrogens is 349 g/mol.